The molecule has 102 valence electrons. The second kappa shape index (κ2) is 4.59. The lowest BCUT2D eigenvalue weighted by Crippen LogP contribution is -2.55. The molecular weight excluding hydrogens is 273 g/mol. The maximum absolute atomic E-state index is 13.5. The molecule has 2 heterocycles. The molecule has 0 unspecified atom stereocenters. The van der Waals surface area contributed by atoms with Crippen LogP contribution in [0.5, 0.6) is 5.88 Å². The molecule has 1 aromatic rings. The zero-order valence-electron chi connectivity index (χ0n) is 10.2. The van der Waals surface area contributed by atoms with Crippen molar-refractivity contribution in [2.75, 3.05) is 19.7 Å². The molecule has 0 spiro atoms. The summed E-state index contributed by atoms with van der Waals surface area (Å²) in [5, 5.41) is 0.274. The molecule has 2 fully saturated rings. The van der Waals surface area contributed by atoms with E-state index in [1.807, 2.05) is 0 Å². The highest BCUT2D eigenvalue weighted by Crippen LogP contribution is 2.42. The molecule has 19 heavy (non-hydrogen) atoms. The number of carbonyl (C=O) groups is 1. The van der Waals surface area contributed by atoms with Gasteiger partial charge in [0, 0.05) is 19.0 Å². The van der Waals surface area contributed by atoms with E-state index in [1.54, 1.807) is 4.90 Å². The van der Waals surface area contributed by atoms with Crippen molar-refractivity contribution in [3.63, 3.8) is 0 Å². The van der Waals surface area contributed by atoms with Crippen LogP contribution in [0.2, 0.25) is 5.15 Å². The summed E-state index contributed by atoms with van der Waals surface area (Å²) in [6, 6.07) is 0. The van der Waals surface area contributed by atoms with Gasteiger partial charge in [-0.15, -0.1) is 0 Å². The van der Waals surface area contributed by atoms with Crippen molar-refractivity contribution in [2.24, 2.45) is 5.92 Å². The lowest BCUT2D eigenvalue weighted by atomic mass is 10.0. The summed E-state index contributed by atoms with van der Waals surface area (Å²) in [7, 11) is 0. The Morgan fingerprint density at radius 2 is 2.26 bits per heavy atom. The molecule has 7 heteroatoms. The zero-order chi connectivity index (χ0) is 13.5. The minimum Gasteiger partial charge on any atom is -0.476 e. The Labute approximate surface area is 114 Å². The average molecular weight is 286 g/mol. The van der Waals surface area contributed by atoms with Crippen molar-refractivity contribution in [1.29, 1.82) is 0 Å². The number of hydrogen-bond acceptors (Lipinski definition) is 4. The van der Waals surface area contributed by atoms with Crippen molar-refractivity contribution in [3.05, 3.63) is 17.5 Å². The van der Waals surface area contributed by atoms with Gasteiger partial charge in [0.2, 0.25) is 5.88 Å². The minimum absolute atomic E-state index is 0.215. The Morgan fingerprint density at radius 3 is 2.89 bits per heavy atom. The summed E-state index contributed by atoms with van der Waals surface area (Å²) in [6.45, 7) is 1.51. The van der Waals surface area contributed by atoms with Gasteiger partial charge >= 0.3 is 0 Å². The molecule has 0 atom stereocenters. The van der Waals surface area contributed by atoms with Crippen molar-refractivity contribution in [1.82, 2.24) is 14.9 Å². The van der Waals surface area contributed by atoms with Gasteiger partial charge in [-0.2, -0.15) is 4.98 Å². The fraction of sp³-hybridized carbons (Fsp3) is 0.583. The van der Waals surface area contributed by atoms with Crippen LogP contribution in [0.3, 0.4) is 0 Å². The first kappa shape index (κ1) is 12.6. The Hall–Kier alpha value is -1.43. The van der Waals surface area contributed by atoms with E-state index in [9.17, 15) is 9.18 Å². The Morgan fingerprint density at radius 1 is 1.53 bits per heavy atom. The number of hydrogen-bond donors (Lipinski definition) is 0. The number of nitrogens with zero attached hydrogens (tertiary/aromatic N) is 3. The average Bonchev–Trinajstić information content (AvgIpc) is 3.06. The molecule has 0 aromatic carbocycles. The van der Waals surface area contributed by atoms with Gasteiger partial charge in [-0.05, 0) is 12.8 Å². The molecule has 2 aliphatic rings. The van der Waals surface area contributed by atoms with Crippen molar-refractivity contribution < 1.29 is 13.9 Å². The fourth-order valence-corrected chi connectivity index (χ4v) is 2.19. The molecule has 0 N–H and O–H groups in total. The molecule has 1 aliphatic carbocycles. The maximum atomic E-state index is 13.5. The molecule has 0 radical (unpaired) electrons. The topological polar surface area (TPSA) is 55.3 Å². The summed E-state index contributed by atoms with van der Waals surface area (Å²) < 4.78 is 19.0. The molecular formula is C12H13ClFN3O2. The molecule has 1 saturated carbocycles. The smallest absolute Gasteiger partial charge is 0.260 e. The van der Waals surface area contributed by atoms with E-state index in [-0.39, 0.29) is 17.0 Å². The quantitative estimate of drug-likeness (QED) is 0.841. The second-order valence-corrected chi connectivity index (χ2v) is 5.42. The summed E-state index contributed by atoms with van der Waals surface area (Å²) in [6.07, 6.45) is 3.63. The highest BCUT2D eigenvalue weighted by molar-refractivity contribution is 6.29. The van der Waals surface area contributed by atoms with Crippen LogP contribution in [0.25, 0.3) is 0 Å². The normalized spacial score (nSPS) is 20.8. The summed E-state index contributed by atoms with van der Waals surface area (Å²) >= 11 is 5.68. The molecule has 1 amide bonds. The van der Waals surface area contributed by atoms with Gasteiger partial charge < -0.3 is 9.64 Å². The molecule has 5 nitrogen and oxygen atoms in total. The standard InChI is InChI=1S/C12H13ClFN3O2/c13-9-3-15-4-10(16-9)19-7-8-5-17(6-8)11(18)12(14)1-2-12/h3-4,8H,1-2,5-7H2. The predicted molar refractivity (Wildman–Crippen MR) is 65.7 cm³/mol. The molecule has 0 bridgehead atoms. The largest absolute Gasteiger partial charge is 0.476 e. The number of rotatable bonds is 4. The van der Waals surface area contributed by atoms with E-state index in [2.05, 4.69) is 9.97 Å². The van der Waals surface area contributed by atoms with Crippen LogP contribution in [0.1, 0.15) is 12.8 Å². The van der Waals surface area contributed by atoms with Crippen LogP contribution >= 0.6 is 11.6 Å². The third-order valence-electron chi connectivity index (χ3n) is 3.37. The molecule has 1 aromatic heterocycles. The van der Waals surface area contributed by atoms with Crippen LogP contribution in [0.4, 0.5) is 4.39 Å². The van der Waals surface area contributed by atoms with Gasteiger partial charge in [0.05, 0.1) is 19.0 Å². The SMILES string of the molecule is O=C(N1CC(COc2cncc(Cl)n2)C1)C1(F)CC1. The van der Waals surface area contributed by atoms with E-state index in [0.717, 1.165) is 0 Å². The number of carbonyl (C=O) groups excluding carboxylic acids is 1. The number of alkyl halides is 1. The number of halogens is 2. The maximum Gasteiger partial charge on any atom is 0.260 e. The van der Waals surface area contributed by atoms with E-state index in [0.29, 0.717) is 38.4 Å². The van der Waals surface area contributed by atoms with Crippen molar-refractivity contribution >= 4 is 17.5 Å². The Balaban J connectivity index is 1.43. The number of aromatic nitrogens is 2. The first-order valence-corrected chi connectivity index (χ1v) is 6.53. The molecule has 1 saturated heterocycles. The predicted octanol–water partition coefficient (Wildman–Crippen LogP) is 1.47. The van der Waals surface area contributed by atoms with Gasteiger partial charge in [-0.1, -0.05) is 11.6 Å². The number of amides is 1. The molecule has 1 aliphatic heterocycles. The fourth-order valence-electron chi connectivity index (χ4n) is 2.05. The highest BCUT2D eigenvalue weighted by Gasteiger charge is 2.54. The third kappa shape index (κ3) is 2.63. The van der Waals surface area contributed by atoms with E-state index < -0.39 is 5.67 Å². The van der Waals surface area contributed by atoms with Gasteiger partial charge in [0.1, 0.15) is 0 Å². The lowest BCUT2D eigenvalue weighted by Gasteiger charge is -2.39. The number of likely N-dealkylation sites (tertiary alicyclic amines) is 1. The Bertz CT molecular complexity index is 504. The summed E-state index contributed by atoms with van der Waals surface area (Å²) in [5.41, 5.74) is -1.57. The van der Waals surface area contributed by atoms with Crippen LogP contribution < -0.4 is 4.74 Å². The highest BCUT2D eigenvalue weighted by atomic mass is 35.5. The van der Waals surface area contributed by atoms with Gasteiger partial charge in [0.15, 0.2) is 10.8 Å². The van der Waals surface area contributed by atoms with Crippen LogP contribution in [-0.4, -0.2) is 46.1 Å². The first-order chi connectivity index (χ1) is 9.07. The van der Waals surface area contributed by atoms with Crippen LogP contribution in [-0.2, 0) is 4.79 Å². The van der Waals surface area contributed by atoms with Crippen LogP contribution in [0, 0.1) is 5.92 Å². The monoisotopic (exact) mass is 285 g/mol. The van der Waals surface area contributed by atoms with Gasteiger partial charge in [-0.25, -0.2) is 4.39 Å². The lowest BCUT2D eigenvalue weighted by molar-refractivity contribution is -0.145. The van der Waals surface area contributed by atoms with Crippen molar-refractivity contribution in [3.8, 4) is 5.88 Å². The van der Waals surface area contributed by atoms with E-state index in [4.69, 9.17) is 16.3 Å². The van der Waals surface area contributed by atoms with Crippen molar-refractivity contribution in [2.45, 2.75) is 18.5 Å². The third-order valence-corrected chi connectivity index (χ3v) is 3.55. The summed E-state index contributed by atoms with van der Waals surface area (Å²) in [4.78, 5) is 21.0. The summed E-state index contributed by atoms with van der Waals surface area (Å²) in [5.74, 6) is 0.208. The van der Waals surface area contributed by atoms with Gasteiger partial charge in [-0.3, -0.25) is 9.78 Å². The van der Waals surface area contributed by atoms with Gasteiger partial charge in [0.25, 0.3) is 5.91 Å². The minimum atomic E-state index is -1.57. The van der Waals surface area contributed by atoms with E-state index >= 15 is 0 Å². The first-order valence-electron chi connectivity index (χ1n) is 6.15. The second-order valence-electron chi connectivity index (χ2n) is 5.03. The van der Waals surface area contributed by atoms with E-state index in [1.165, 1.54) is 12.4 Å². The van der Waals surface area contributed by atoms with Crippen LogP contribution in [0.15, 0.2) is 12.4 Å². The Kier molecular flexibility index (Phi) is 3.05. The zero-order valence-corrected chi connectivity index (χ0v) is 10.9. The molecule has 3 rings (SSSR count). The number of ether oxygens (including phenoxy) is 1.